The van der Waals surface area contributed by atoms with Crippen LogP contribution >= 0.6 is 11.8 Å². The van der Waals surface area contributed by atoms with Gasteiger partial charge in [0.1, 0.15) is 5.70 Å². The van der Waals surface area contributed by atoms with Crippen LogP contribution in [0.25, 0.3) is 4.91 Å². The van der Waals surface area contributed by atoms with E-state index < -0.39 is 5.97 Å². The maximum absolute atomic E-state index is 11.5. The first-order valence-corrected chi connectivity index (χ1v) is 6.75. The second-order valence-corrected chi connectivity index (χ2v) is 5.62. The third kappa shape index (κ3) is 1.84. The number of amides is 1. The highest BCUT2D eigenvalue weighted by atomic mass is 32.2. The minimum absolute atomic E-state index is 0.0601. The van der Waals surface area contributed by atoms with Gasteiger partial charge in [0, 0.05) is 11.4 Å². The maximum atomic E-state index is 11.5. The molecule has 2 aliphatic rings. The number of benzene rings is 1. The molecule has 1 atom stereocenters. The highest BCUT2D eigenvalue weighted by Crippen LogP contribution is 2.50. The van der Waals surface area contributed by atoms with E-state index in [1.165, 1.54) is 16.7 Å². The van der Waals surface area contributed by atoms with Crippen LogP contribution in [0, 0.1) is 0 Å². The molecule has 2 heterocycles. The van der Waals surface area contributed by atoms with Crippen molar-refractivity contribution >= 4 is 28.5 Å². The standard InChI is InChI=1S/C13H12N2O3S/c14-6-7-2-1-3-8(4-7)12-11(13(17)18)15-9(16)5-10(15)19-12/h1-4,10H,5-6,14H2,(H,17,18)/t10-/m1/s1. The Morgan fingerprint density at radius 2 is 2.32 bits per heavy atom. The number of thioether (sulfide) groups is 1. The van der Waals surface area contributed by atoms with Crippen LogP contribution in [0.4, 0.5) is 0 Å². The summed E-state index contributed by atoms with van der Waals surface area (Å²) in [6, 6.07) is 7.47. The second kappa shape index (κ2) is 4.40. The first-order valence-electron chi connectivity index (χ1n) is 5.87. The molecule has 3 rings (SSSR count). The number of rotatable bonds is 3. The molecule has 1 aromatic carbocycles. The van der Waals surface area contributed by atoms with Crippen molar-refractivity contribution in [3.63, 3.8) is 0 Å². The number of fused-ring (bicyclic) bond motifs is 1. The largest absolute Gasteiger partial charge is 0.477 e. The van der Waals surface area contributed by atoms with E-state index in [1.807, 2.05) is 24.3 Å². The van der Waals surface area contributed by atoms with Crippen molar-refractivity contribution < 1.29 is 14.7 Å². The maximum Gasteiger partial charge on any atom is 0.353 e. The van der Waals surface area contributed by atoms with Gasteiger partial charge >= 0.3 is 5.97 Å². The fraction of sp³-hybridized carbons (Fsp3) is 0.231. The number of hydrogen-bond donors (Lipinski definition) is 2. The molecule has 1 saturated heterocycles. The van der Waals surface area contributed by atoms with Gasteiger partial charge in [0.25, 0.3) is 0 Å². The second-order valence-electron chi connectivity index (χ2n) is 4.43. The van der Waals surface area contributed by atoms with Crippen LogP contribution in [0.2, 0.25) is 0 Å². The highest BCUT2D eigenvalue weighted by molar-refractivity contribution is 8.09. The van der Waals surface area contributed by atoms with Crippen LogP contribution in [0.1, 0.15) is 17.5 Å². The van der Waals surface area contributed by atoms with Crippen molar-refractivity contribution in [2.24, 2.45) is 5.73 Å². The molecule has 0 radical (unpaired) electrons. The van der Waals surface area contributed by atoms with E-state index in [2.05, 4.69) is 0 Å². The summed E-state index contributed by atoms with van der Waals surface area (Å²) in [5.74, 6) is -1.18. The van der Waals surface area contributed by atoms with E-state index in [9.17, 15) is 14.7 Å². The average molecular weight is 276 g/mol. The quantitative estimate of drug-likeness (QED) is 0.811. The number of carbonyl (C=O) groups is 2. The summed E-state index contributed by atoms with van der Waals surface area (Å²) in [5, 5.41) is 9.26. The molecule has 19 heavy (non-hydrogen) atoms. The topological polar surface area (TPSA) is 83.6 Å². The molecule has 6 heteroatoms. The lowest BCUT2D eigenvalue weighted by Gasteiger charge is -2.33. The van der Waals surface area contributed by atoms with Crippen LogP contribution in [-0.4, -0.2) is 27.3 Å². The molecular weight excluding hydrogens is 264 g/mol. The van der Waals surface area contributed by atoms with Crippen molar-refractivity contribution in [3.8, 4) is 0 Å². The first-order chi connectivity index (χ1) is 9.11. The molecule has 1 aromatic rings. The normalized spacial score (nSPS) is 21.4. The van der Waals surface area contributed by atoms with Crippen LogP contribution < -0.4 is 5.73 Å². The third-order valence-corrected chi connectivity index (χ3v) is 4.56. The monoisotopic (exact) mass is 276 g/mol. The number of carbonyl (C=O) groups excluding carboxylic acids is 1. The van der Waals surface area contributed by atoms with Crippen molar-refractivity contribution in [1.29, 1.82) is 0 Å². The summed E-state index contributed by atoms with van der Waals surface area (Å²) in [6.45, 7) is 0.403. The van der Waals surface area contributed by atoms with Gasteiger partial charge in [-0.25, -0.2) is 4.79 Å². The zero-order valence-corrected chi connectivity index (χ0v) is 10.8. The Labute approximate surface area is 114 Å². The summed E-state index contributed by atoms with van der Waals surface area (Å²) in [7, 11) is 0. The van der Waals surface area contributed by atoms with E-state index in [0.29, 0.717) is 17.9 Å². The lowest BCUT2D eigenvalue weighted by atomic mass is 10.1. The van der Waals surface area contributed by atoms with Gasteiger partial charge in [-0.15, -0.1) is 0 Å². The minimum Gasteiger partial charge on any atom is -0.477 e. The fourth-order valence-corrected chi connectivity index (χ4v) is 3.68. The minimum atomic E-state index is -1.06. The van der Waals surface area contributed by atoms with Crippen LogP contribution in [0.15, 0.2) is 30.0 Å². The Morgan fingerprint density at radius 3 is 2.95 bits per heavy atom. The number of hydrogen-bond acceptors (Lipinski definition) is 4. The smallest absolute Gasteiger partial charge is 0.353 e. The molecule has 0 aliphatic carbocycles. The molecular formula is C13H12N2O3S. The van der Waals surface area contributed by atoms with E-state index in [4.69, 9.17) is 5.73 Å². The number of carboxylic acid groups (broad SMARTS) is 1. The molecule has 0 spiro atoms. The van der Waals surface area contributed by atoms with Crippen molar-refractivity contribution in [3.05, 3.63) is 41.1 Å². The van der Waals surface area contributed by atoms with Crippen molar-refractivity contribution in [2.45, 2.75) is 18.3 Å². The molecule has 1 amide bonds. The van der Waals surface area contributed by atoms with Crippen LogP contribution in [0.5, 0.6) is 0 Å². The summed E-state index contributed by atoms with van der Waals surface area (Å²) >= 11 is 1.44. The molecule has 98 valence electrons. The number of nitrogens with two attached hydrogens (primary N) is 1. The molecule has 0 saturated carbocycles. The van der Waals surface area contributed by atoms with E-state index in [0.717, 1.165) is 11.1 Å². The average Bonchev–Trinajstić information content (AvgIpc) is 2.72. The van der Waals surface area contributed by atoms with E-state index >= 15 is 0 Å². The first kappa shape index (κ1) is 12.3. The predicted octanol–water partition coefficient (Wildman–Crippen LogP) is 1.20. The van der Waals surface area contributed by atoms with Crippen molar-refractivity contribution in [2.75, 3.05) is 0 Å². The number of β-lactam (4-membered cyclic amide) rings is 1. The van der Waals surface area contributed by atoms with Gasteiger partial charge < -0.3 is 10.8 Å². The highest BCUT2D eigenvalue weighted by Gasteiger charge is 2.48. The SMILES string of the molecule is NCc1cccc(C2=C(C(=O)O)N3C(=O)C[C@H]3S2)c1. The predicted molar refractivity (Wildman–Crippen MR) is 71.7 cm³/mol. The summed E-state index contributed by atoms with van der Waals surface area (Å²) in [6.07, 6.45) is 0.404. The third-order valence-electron chi connectivity index (χ3n) is 3.24. The summed E-state index contributed by atoms with van der Waals surface area (Å²) < 4.78 is 0. The van der Waals surface area contributed by atoms with Crippen LogP contribution in [0.3, 0.4) is 0 Å². The number of aliphatic carboxylic acids is 1. The Balaban J connectivity index is 2.08. The number of nitrogens with zero attached hydrogens (tertiary/aromatic N) is 1. The van der Waals surface area contributed by atoms with E-state index in [-0.39, 0.29) is 17.0 Å². The fourth-order valence-electron chi connectivity index (χ4n) is 2.30. The van der Waals surface area contributed by atoms with Crippen LogP contribution in [-0.2, 0) is 16.1 Å². The van der Waals surface area contributed by atoms with Gasteiger partial charge in [0.2, 0.25) is 5.91 Å². The zero-order chi connectivity index (χ0) is 13.6. The Morgan fingerprint density at radius 1 is 1.53 bits per heavy atom. The molecule has 0 aromatic heterocycles. The van der Waals surface area contributed by atoms with Gasteiger partial charge in [-0.1, -0.05) is 30.0 Å². The molecule has 5 nitrogen and oxygen atoms in total. The van der Waals surface area contributed by atoms with Gasteiger partial charge in [0.15, 0.2) is 0 Å². The lowest BCUT2D eigenvalue weighted by molar-refractivity contribution is -0.145. The molecule has 0 unspecified atom stereocenters. The van der Waals surface area contributed by atoms with Gasteiger partial charge in [-0.2, -0.15) is 0 Å². The molecule has 1 fully saturated rings. The Hall–Kier alpha value is -1.79. The van der Waals surface area contributed by atoms with E-state index in [1.54, 1.807) is 0 Å². The summed E-state index contributed by atoms with van der Waals surface area (Å²) in [5.41, 5.74) is 7.45. The lowest BCUT2D eigenvalue weighted by Crippen LogP contribution is -2.48. The van der Waals surface area contributed by atoms with Gasteiger partial charge in [0.05, 0.1) is 11.8 Å². The zero-order valence-electron chi connectivity index (χ0n) is 10.00. The molecule has 0 bridgehead atoms. The van der Waals surface area contributed by atoms with Gasteiger partial charge in [-0.05, 0) is 17.2 Å². The number of carboxylic acids is 1. The molecule has 2 aliphatic heterocycles. The Kier molecular flexibility index (Phi) is 2.83. The Bertz CT molecular complexity index is 612. The summed E-state index contributed by atoms with van der Waals surface area (Å²) in [4.78, 5) is 24.9. The van der Waals surface area contributed by atoms with Gasteiger partial charge in [-0.3, -0.25) is 9.69 Å². The molecule has 3 N–H and O–H groups in total. The van der Waals surface area contributed by atoms with Crippen molar-refractivity contribution in [1.82, 2.24) is 4.90 Å².